The maximum atomic E-state index is 11.6. The van der Waals surface area contributed by atoms with Gasteiger partial charge in [0.25, 0.3) is 0 Å². The van der Waals surface area contributed by atoms with E-state index in [2.05, 4.69) is 31.8 Å². The molecule has 0 aliphatic rings. The largest absolute Gasteiger partial charge is 0.481 e. The molecular weight excluding hydrogens is 314 g/mol. The summed E-state index contributed by atoms with van der Waals surface area (Å²) >= 11 is 3.28. The first-order chi connectivity index (χ1) is 8.90. The number of carbonyl (C=O) groups is 2. The van der Waals surface area contributed by atoms with Crippen LogP contribution >= 0.6 is 15.9 Å². The molecule has 1 amide bonds. The number of carbonyl (C=O) groups excluding carboxylic acids is 1. The molecule has 7 heteroatoms. The second kappa shape index (κ2) is 7.08. The highest BCUT2D eigenvalue weighted by molar-refractivity contribution is 9.10. The van der Waals surface area contributed by atoms with Crippen molar-refractivity contribution in [2.24, 2.45) is 11.8 Å². The maximum absolute atomic E-state index is 11.6. The average molecular weight is 330 g/mol. The van der Waals surface area contributed by atoms with E-state index < -0.39 is 11.9 Å². The lowest BCUT2D eigenvalue weighted by atomic mass is 9.92. The molecule has 1 aromatic rings. The third kappa shape index (κ3) is 5.25. The van der Waals surface area contributed by atoms with Gasteiger partial charge >= 0.3 is 5.97 Å². The van der Waals surface area contributed by atoms with Gasteiger partial charge in [-0.2, -0.15) is 0 Å². The molecule has 0 aliphatic heterocycles. The van der Waals surface area contributed by atoms with Crippen LogP contribution in [0.5, 0.6) is 0 Å². The van der Waals surface area contributed by atoms with E-state index in [1.807, 2.05) is 0 Å². The minimum atomic E-state index is -0.967. The van der Waals surface area contributed by atoms with Crippen molar-refractivity contribution in [3.8, 4) is 0 Å². The normalized spacial score (nSPS) is 12.0. The molecule has 0 radical (unpaired) electrons. The number of aliphatic carboxylic acids is 1. The predicted octanol–water partition coefficient (Wildman–Crippen LogP) is 2.03. The molecule has 1 heterocycles. The molecule has 0 spiro atoms. The maximum Gasteiger partial charge on any atom is 0.307 e. The number of aromatic nitrogens is 1. The van der Waals surface area contributed by atoms with Crippen molar-refractivity contribution in [3.63, 3.8) is 0 Å². The van der Waals surface area contributed by atoms with Gasteiger partial charge in [0, 0.05) is 17.1 Å². The number of nitrogens with zero attached hydrogens (tertiary/aromatic N) is 1. The van der Waals surface area contributed by atoms with E-state index in [1.165, 1.54) is 0 Å². The number of carboxylic acid groups (broad SMARTS) is 1. The molecule has 19 heavy (non-hydrogen) atoms. The molecule has 0 fully saturated rings. The highest BCUT2D eigenvalue weighted by atomic mass is 79.9. The summed E-state index contributed by atoms with van der Waals surface area (Å²) in [5, 5.41) is 9.00. The number of halogens is 1. The van der Waals surface area contributed by atoms with E-state index in [1.54, 1.807) is 32.2 Å². The third-order valence-corrected chi connectivity index (χ3v) is 3.07. The van der Waals surface area contributed by atoms with E-state index in [-0.39, 0.29) is 18.2 Å². The number of pyridine rings is 1. The molecule has 0 bridgehead atoms. The van der Waals surface area contributed by atoms with Gasteiger partial charge in [-0.1, -0.05) is 29.8 Å². The first-order valence-corrected chi connectivity index (χ1v) is 6.58. The smallest absolute Gasteiger partial charge is 0.307 e. The van der Waals surface area contributed by atoms with Gasteiger partial charge in [0.1, 0.15) is 5.82 Å². The fraction of sp³-hybridized carbons (Fsp3) is 0.417. The van der Waals surface area contributed by atoms with Gasteiger partial charge in [-0.05, 0) is 18.1 Å². The zero-order valence-electron chi connectivity index (χ0n) is 10.7. The highest BCUT2D eigenvalue weighted by Crippen LogP contribution is 2.15. The first kappa shape index (κ1) is 15.4. The lowest BCUT2D eigenvalue weighted by Gasteiger charge is -2.16. The van der Waals surface area contributed by atoms with Crippen molar-refractivity contribution in [3.05, 3.63) is 22.8 Å². The molecule has 104 valence electrons. The number of anilines is 1. The molecule has 6 nitrogen and oxygen atoms in total. The SMILES string of the molecule is CC(C)C(CC(=O)NNc1cc(Br)ccn1)C(=O)O. The summed E-state index contributed by atoms with van der Waals surface area (Å²) in [5.41, 5.74) is 5.07. The molecule has 0 aromatic carbocycles. The molecule has 0 aliphatic carbocycles. The summed E-state index contributed by atoms with van der Waals surface area (Å²) in [6.45, 7) is 3.55. The summed E-state index contributed by atoms with van der Waals surface area (Å²) in [4.78, 5) is 26.6. The van der Waals surface area contributed by atoms with Crippen LogP contribution in [-0.2, 0) is 9.59 Å². The average Bonchev–Trinajstić information content (AvgIpc) is 2.32. The molecule has 1 rings (SSSR count). The Morgan fingerprint density at radius 1 is 1.47 bits per heavy atom. The Labute approximate surface area is 119 Å². The lowest BCUT2D eigenvalue weighted by molar-refractivity contribution is -0.145. The number of rotatable bonds is 6. The minimum absolute atomic E-state index is 0.0754. The molecule has 0 saturated heterocycles. The molecule has 1 unspecified atom stereocenters. The Balaban J connectivity index is 2.49. The standard InChI is InChI=1S/C12H16BrN3O3/c1-7(2)9(12(18)19)6-11(17)16-15-10-5-8(13)3-4-14-10/h3-5,7,9H,6H2,1-2H3,(H,14,15)(H,16,17)(H,18,19). The van der Waals surface area contributed by atoms with Crippen LogP contribution in [0, 0.1) is 11.8 Å². The van der Waals surface area contributed by atoms with Crippen LogP contribution in [0.25, 0.3) is 0 Å². The van der Waals surface area contributed by atoms with Crippen LogP contribution in [0.2, 0.25) is 0 Å². The predicted molar refractivity (Wildman–Crippen MR) is 74.3 cm³/mol. The topological polar surface area (TPSA) is 91.3 Å². The molecule has 1 atom stereocenters. The van der Waals surface area contributed by atoms with Gasteiger partial charge in [-0.3, -0.25) is 20.4 Å². The molecule has 1 aromatic heterocycles. The molecule has 3 N–H and O–H groups in total. The van der Waals surface area contributed by atoms with Crippen LogP contribution in [-0.4, -0.2) is 22.0 Å². The van der Waals surface area contributed by atoms with Gasteiger partial charge in [0.05, 0.1) is 5.92 Å². The first-order valence-electron chi connectivity index (χ1n) is 5.79. The fourth-order valence-electron chi connectivity index (χ4n) is 1.47. The number of hydrogen-bond donors (Lipinski definition) is 3. The van der Waals surface area contributed by atoms with Crippen molar-refractivity contribution in [2.45, 2.75) is 20.3 Å². The zero-order chi connectivity index (χ0) is 14.4. The van der Waals surface area contributed by atoms with Crippen LogP contribution < -0.4 is 10.9 Å². The van der Waals surface area contributed by atoms with Crippen LogP contribution in [0.3, 0.4) is 0 Å². The second-order valence-corrected chi connectivity index (χ2v) is 5.34. The van der Waals surface area contributed by atoms with Gasteiger partial charge in [0.15, 0.2) is 0 Å². The Kier molecular flexibility index (Phi) is 5.75. The number of nitrogens with one attached hydrogen (secondary N) is 2. The molecule has 0 saturated carbocycles. The Morgan fingerprint density at radius 2 is 2.16 bits per heavy atom. The summed E-state index contributed by atoms with van der Waals surface area (Å²) in [7, 11) is 0. The highest BCUT2D eigenvalue weighted by Gasteiger charge is 2.24. The quantitative estimate of drug-likeness (QED) is 0.694. The monoisotopic (exact) mass is 329 g/mol. The lowest BCUT2D eigenvalue weighted by Crippen LogP contribution is -2.34. The van der Waals surface area contributed by atoms with Crippen molar-refractivity contribution in [1.82, 2.24) is 10.4 Å². The number of hydrogen-bond acceptors (Lipinski definition) is 4. The Morgan fingerprint density at radius 3 is 2.68 bits per heavy atom. The van der Waals surface area contributed by atoms with Crippen LogP contribution in [0.1, 0.15) is 20.3 Å². The summed E-state index contributed by atoms with van der Waals surface area (Å²) in [6, 6.07) is 3.45. The summed E-state index contributed by atoms with van der Waals surface area (Å²) in [6.07, 6.45) is 1.50. The summed E-state index contributed by atoms with van der Waals surface area (Å²) < 4.78 is 0.824. The van der Waals surface area contributed by atoms with E-state index in [4.69, 9.17) is 5.11 Å². The van der Waals surface area contributed by atoms with Crippen molar-refractivity contribution in [1.29, 1.82) is 0 Å². The molecular formula is C12H16BrN3O3. The number of carboxylic acids is 1. The van der Waals surface area contributed by atoms with E-state index in [0.29, 0.717) is 5.82 Å². The van der Waals surface area contributed by atoms with Gasteiger partial charge in [0.2, 0.25) is 5.91 Å². The summed E-state index contributed by atoms with van der Waals surface area (Å²) in [5.74, 6) is -1.68. The number of hydrazine groups is 1. The second-order valence-electron chi connectivity index (χ2n) is 4.43. The van der Waals surface area contributed by atoms with E-state index in [9.17, 15) is 9.59 Å². The Hall–Kier alpha value is -1.63. The van der Waals surface area contributed by atoms with Gasteiger partial charge in [-0.25, -0.2) is 4.98 Å². The zero-order valence-corrected chi connectivity index (χ0v) is 12.3. The van der Waals surface area contributed by atoms with Crippen molar-refractivity contribution < 1.29 is 14.7 Å². The van der Waals surface area contributed by atoms with Crippen LogP contribution in [0.15, 0.2) is 22.8 Å². The number of amides is 1. The fourth-order valence-corrected chi connectivity index (χ4v) is 1.80. The third-order valence-electron chi connectivity index (χ3n) is 2.58. The van der Waals surface area contributed by atoms with E-state index in [0.717, 1.165) is 4.47 Å². The van der Waals surface area contributed by atoms with E-state index >= 15 is 0 Å². The van der Waals surface area contributed by atoms with Crippen molar-refractivity contribution in [2.75, 3.05) is 5.43 Å². The van der Waals surface area contributed by atoms with Crippen molar-refractivity contribution >= 4 is 33.6 Å². The van der Waals surface area contributed by atoms with Crippen LogP contribution in [0.4, 0.5) is 5.82 Å². The van der Waals surface area contributed by atoms with Gasteiger partial charge in [-0.15, -0.1) is 0 Å². The minimum Gasteiger partial charge on any atom is -0.481 e. The van der Waals surface area contributed by atoms with Gasteiger partial charge < -0.3 is 5.11 Å². The Bertz CT molecular complexity index is 465.